The second-order valence-electron chi connectivity index (χ2n) is 4.56. The zero-order valence-corrected chi connectivity index (χ0v) is 9.73. The van der Waals surface area contributed by atoms with E-state index in [-0.39, 0.29) is 11.4 Å². The number of hydrogen-bond donors (Lipinski definition) is 1. The van der Waals surface area contributed by atoms with E-state index in [9.17, 15) is 4.39 Å². The van der Waals surface area contributed by atoms with Gasteiger partial charge >= 0.3 is 0 Å². The van der Waals surface area contributed by atoms with Gasteiger partial charge in [-0.1, -0.05) is 0 Å². The number of nitrogens with one attached hydrogen (secondary N) is 1. The van der Waals surface area contributed by atoms with E-state index in [1.807, 2.05) is 20.8 Å². The van der Waals surface area contributed by atoms with Gasteiger partial charge in [-0.2, -0.15) is 0 Å². The van der Waals surface area contributed by atoms with Crippen molar-refractivity contribution in [2.45, 2.75) is 32.9 Å². The predicted octanol–water partition coefficient (Wildman–Crippen LogP) is 2.72. The first-order chi connectivity index (χ1) is 6.92. The van der Waals surface area contributed by atoms with Gasteiger partial charge in [0, 0.05) is 17.6 Å². The summed E-state index contributed by atoms with van der Waals surface area (Å²) in [6.07, 6.45) is 0. The zero-order valence-electron chi connectivity index (χ0n) is 9.73. The van der Waals surface area contributed by atoms with Gasteiger partial charge in [0.05, 0.1) is 7.11 Å². The third-order valence-corrected chi connectivity index (χ3v) is 2.06. The van der Waals surface area contributed by atoms with Crippen LogP contribution >= 0.6 is 0 Å². The van der Waals surface area contributed by atoms with Crippen molar-refractivity contribution in [1.82, 2.24) is 5.32 Å². The van der Waals surface area contributed by atoms with Gasteiger partial charge in [-0.3, -0.25) is 0 Å². The SMILES string of the molecule is COc1ccc(F)c(CNC(C)(C)C)c1. The maximum Gasteiger partial charge on any atom is 0.127 e. The van der Waals surface area contributed by atoms with Crippen molar-refractivity contribution < 1.29 is 9.13 Å². The minimum Gasteiger partial charge on any atom is -0.497 e. The molecule has 0 aliphatic rings. The third-order valence-electron chi connectivity index (χ3n) is 2.06. The fourth-order valence-corrected chi connectivity index (χ4v) is 1.17. The maximum absolute atomic E-state index is 13.4. The quantitative estimate of drug-likeness (QED) is 0.830. The van der Waals surface area contributed by atoms with Crippen molar-refractivity contribution in [2.24, 2.45) is 0 Å². The monoisotopic (exact) mass is 211 g/mol. The minimum atomic E-state index is -0.201. The summed E-state index contributed by atoms with van der Waals surface area (Å²) >= 11 is 0. The lowest BCUT2D eigenvalue weighted by molar-refractivity contribution is 0.404. The highest BCUT2D eigenvalue weighted by molar-refractivity contribution is 5.29. The molecule has 0 heterocycles. The fraction of sp³-hybridized carbons (Fsp3) is 0.500. The van der Waals surface area contributed by atoms with Crippen LogP contribution in [-0.4, -0.2) is 12.6 Å². The van der Waals surface area contributed by atoms with Crippen molar-refractivity contribution in [3.05, 3.63) is 29.6 Å². The Morgan fingerprint density at radius 3 is 2.53 bits per heavy atom. The number of hydrogen-bond acceptors (Lipinski definition) is 2. The summed E-state index contributed by atoms with van der Waals surface area (Å²) in [5.74, 6) is 0.481. The molecule has 0 atom stereocenters. The Kier molecular flexibility index (Phi) is 3.69. The van der Waals surface area contributed by atoms with Crippen LogP contribution in [0.5, 0.6) is 5.75 Å². The van der Waals surface area contributed by atoms with E-state index < -0.39 is 0 Å². The first kappa shape index (κ1) is 12.0. The standard InChI is InChI=1S/C12H18FNO/c1-12(2,3)14-8-9-7-10(15-4)5-6-11(9)13/h5-7,14H,8H2,1-4H3. The maximum atomic E-state index is 13.4. The van der Waals surface area contributed by atoms with Gasteiger partial charge in [-0.25, -0.2) is 4.39 Å². The fourth-order valence-electron chi connectivity index (χ4n) is 1.17. The lowest BCUT2D eigenvalue weighted by Gasteiger charge is -2.20. The van der Waals surface area contributed by atoms with E-state index in [0.717, 1.165) is 0 Å². The average molecular weight is 211 g/mol. The summed E-state index contributed by atoms with van der Waals surface area (Å²) in [7, 11) is 1.58. The van der Waals surface area contributed by atoms with Gasteiger partial charge in [-0.15, -0.1) is 0 Å². The predicted molar refractivity (Wildman–Crippen MR) is 59.5 cm³/mol. The van der Waals surface area contributed by atoms with Gasteiger partial charge in [0.15, 0.2) is 0 Å². The average Bonchev–Trinajstić information content (AvgIpc) is 2.15. The molecular weight excluding hydrogens is 193 g/mol. The topological polar surface area (TPSA) is 21.3 Å². The molecule has 15 heavy (non-hydrogen) atoms. The lowest BCUT2D eigenvalue weighted by Crippen LogP contribution is -2.35. The summed E-state index contributed by atoms with van der Waals surface area (Å²) < 4.78 is 18.4. The van der Waals surface area contributed by atoms with Gasteiger partial charge < -0.3 is 10.1 Å². The van der Waals surface area contributed by atoms with Crippen molar-refractivity contribution in [3.63, 3.8) is 0 Å². The van der Waals surface area contributed by atoms with Gasteiger partial charge in [0.1, 0.15) is 11.6 Å². The van der Waals surface area contributed by atoms with Gasteiger partial charge in [-0.05, 0) is 39.0 Å². The van der Waals surface area contributed by atoms with E-state index in [1.165, 1.54) is 6.07 Å². The Hall–Kier alpha value is -1.09. The molecule has 1 rings (SSSR count). The van der Waals surface area contributed by atoms with Crippen molar-refractivity contribution in [1.29, 1.82) is 0 Å². The molecule has 0 aromatic heterocycles. The van der Waals surface area contributed by atoms with E-state index in [1.54, 1.807) is 19.2 Å². The van der Waals surface area contributed by atoms with Crippen LogP contribution in [0.1, 0.15) is 26.3 Å². The van der Waals surface area contributed by atoms with Crippen LogP contribution in [0.3, 0.4) is 0 Å². The second kappa shape index (κ2) is 4.62. The summed E-state index contributed by atoms with van der Waals surface area (Å²) in [4.78, 5) is 0. The molecule has 0 aliphatic heterocycles. The minimum absolute atomic E-state index is 0.0183. The Labute approximate surface area is 90.4 Å². The molecule has 0 amide bonds. The van der Waals surface area contributed by atoms with Crippen molar-refractivity contribution in [3.8, 4) is 5.75 Å². The Morgan fingerprint density at radius 2 is 2.00 bits per heavy atom. The van der Waals surface area contributed by atoms with E-state index in [0.29, 0.717) is 17.9 Å². The molecule has 0 fully saturated rings. The van der Waals surface area contributed by atoms with Crippen LogP contribution in [0, 0.1) is 5.82 Å². The number of rotatable bonds is 3. The van der Waals surface area contributed by atoms with Crippen LogP contribution in [0.2, 0.25) is 0 Å². The molecule has 1 N–H and O–H groups in total. The smallest absolute Gasteiger partial charge is 0.127 e. The third kappa shape index (κ3) is 3.88. The molecule has 0 aliphatic carbocycles. The van der Waals surface area contributed by atoms with Crippen LogP contribution < -0.4 is 10.1 Å². The zero-order chi connectivity index (χ0) is 11.5. The van der Waals surface area contributed by atoms with Crippen molar-refractivity contribution in [2.75, 3.05) is 7.11 Å². The second-order valence-corrected chi connectivity index (χ2v) is 4.56. The normalized spacial score (nSPS) is 11.5. The first-order valence-corrected chi connectivity index (χ1v) is 5.00. The molecular formula is C12H18FNO. The highest BCUT2D eigenvalue weighted by Crippen LogP contribution is 2.17. The summed E-state index contributed by atoms with van der Waals surface area (Å²) in [6.45, 7) is 6.65. The Morgan fingerprint density at radius 1 is 1.33 bits per heavy atom. The molecule has 0 bridgehead atoms. The molecule has 2 nitrogen and oxygen atoms in total. The van der Waals surface area contributed by atoms with Gasteiger partial charge in [0.25, 0.3) is 0 Å². The Bertz CT molecular complexity index is 331. The largest absolute Gasteiger partial charge is 0.497 e. The molecule has 1 aromatic rings. The first-order valence-electron chi connectivity index (χ1n) is 5.00. The van der Waals surface area contributed by atoms with Crippen LogP contribution in [0.15, 0.2) is 18.2 Å². The van der Waals surface area contributed by atoms with Crippen LogP contribution in [0.25, 0.3) is 0 Å². The molecule has 0 saturated carbocycles. The number of benzene rings is 1. The Balaban J connectivity index is 2.75. The summed E-state index contributed by atoms with van der Waals surface area (Å²) in [5.41, 5.74) is 0.611. The molecule has 0 unspecified atom stereocenters. The van der Waals surface area contributed by atoms with E-state index in [2.05, 4.69) is 5.32 Å². The highest BCUT2D eigenvalue weighted by atomic mass is 19.1. The lowest BCUT2D eigenvalue weighted by atomic mass is 10.1. The van der Waals surface area contributed by atoms with E-state index >= 15 is 0 Å². The van der Waals surface area contributed by atoms with Crippen LogP contribution in [0.4, 0.5) is 4.39 Å². The summed E-state index contributed by atoms with van der Waals surface area (Å²) in [5, 5.41) is 3.23. The molecule has 84 valence electrons. The van der Waals surface area contributed by atoms with Crippen LogP contribution in [-0.2, 0) is 6.54 Å². The van der Waals surface area contributed by atoms with E-state index in [4.69, 9.17) is 4.74 Å². The van der Waals surface area contributed by atoms with Gasteiger partial charge in [0.2, 0.25) is 0 Å². The molecule has 1 aromatic carbocycles. The van der Waals surface area contributed by atoms with Crippen molar-refractivity contribution >= 4 is 0 Å². The number of methoxy groups -OCH3 is 1. The number of ether oxygens (including phenoxy) is 1. The molecule has 0 saturated heterocycles. The molecule has 3 heteroatoms. The molecule has 0 radical (unpaired) electrons. The number of halogens is 1. The highest BCUT2D eigenvalue weighted by Gasteiger charge is 2.10. The summed E-state index contributed by atoms with van der Waals surface area (Å²) in [6, 6.07) is 4.77. The molecule has 0 spiro atoms.